The third kappa shape index (κ3) is 5.03. The Bertz CT molecular complexity index is 1130. The van der Waals surface area contributed by atoms with Crippen LogP contribution in [0.25, 0.3) is 11.3 Å². The Balaban J connectivity index is 1.65. The number of allylic oxidation sites excluding steroid dienone is 1. The summed E-state index contributed by atoms with van der Waals surface area (Å²) in [5.41, 5.74) is 4.58. The van der Waals surface area contributed by atoms with Crippen LogP contribution in [0.5, 0.6) is 11.5 Å². The summed E-state index contributed by atoms with van der Waals surface area (Å²) in [7, 11) is 1.48. The fourth-order valence-corrected chi connectivity index (χ4v) is 3.96. The fourth-order valence-electron chi connectivity index (χ4n) is 3.23. The minimum atomic E-state index is -0.337. The number of ether oxygens (including phenoxy) is 2. The average Bonchev–Trinajstić information content (AvgIpc) is 3.31. The maximum absolute atomic E-state index is 12.3. The van der Waals surface area contributed by atoms with Crippen LogP contribution in [0.3, 0.4) is 0 Å². The number of thiazole rings is 1. The average molecular weight is 440 g/mol. The lowest BCUT2D eigenvalue weighted by Gasteiger charge is -2.11. The topological polar surface area (TPSA) is 82.5 Å². The van der Waals surface area contributed by atoms with Crippen LogP contribution in [-0.2, 0) is 11.3 Å². The van der Waals surface area contributed by atoms with Crippen molar-refractivity contribution >= 4 is 28.2 Å². The molecule has 0 aliphatic heterocycles. The molecule has 0 saturated heterocycles. The van der Waals surface area contributed by atoms with Gasteiger partial charge in [-0.2, -0.15) is 0 Å². The number of benzene rings is 1. The quantitative estimate of drug-likeness (QED) is 0.388. The Morgan fingerprint density at radius 3 is 2.71 bits per heavy atom. The number of hydrogen-bond acceptors (Lipinski definition) is 6. The molecule has 0 radical (unpaired) electrons. The second kappa shape index (κ2) is 9.61. The van der Waals surface area contributed by atoms with E-state index in [2.05, 4.69) is 27.5 Å². The maximum atomic E-state index is 12.3. The van der Waals surface area contributed by atoms with Gasteiger partial charge in [0.2, 0.25) is 0 Å². The first-order valence-electron chi connectivity index (χ1n) is 9.69. The van der Waals surface area contributed by atoms with E-state index < -0.39 is 0 Å². The van der Waals surface area contributed by atoms with E-state index in [0.717, 1.165) is 29.2 Å². The number of rotatable bonds is 9. The molecule has 0 saturated carbocycles. The second-order valence-electron chi connectivity index (χ2n) is 6.98. The first kappa shape index (κ1) is 22.3. The molecule has 1 aromatic carbocycles. The molecular weight excluding hydrogens is 414 g/mol. The molecule has 0 spiro atoms. The van der Waals surface area contributed by atoms with Gasteiger partial charge in [-0.05, 0) is 45.0 Å². The maximum Gasteiger partial charge on any atom is 0.264 e. The van der Waals surface area contributed by atoms with Gasteiger partial charge in [-0.3, -0.25) is 14.9 Å². The number of ketones is 1. The summed E-state index contributed by atoms with van der Waals surface area (Å²) in [5, 5.41) is 5.17. The van der Waals surface area contributed by atoms with Crippen molar-refractivity contribution in [1.82, 2.24) is 9.55 Å². The van der Waals surface area contributed by atoms with Crippen molar-refractivity contribution < 1.29 is 19.1 Å². The van der Waals surface area contributed by atoms with Crippen LogP contribution in [0.4, 0.5) is 5.13 Å². The normalized spacial score (nSPS) is 10.6. The number of aromatic nitrogens is 2. The molecule has 3 aromatic rings. The zero-order valence-electron chi connectivity index (χ0n) is 18.0. The monoisotopic (exact) mass is 439 g/mol. The molecule has 0 unspecified atom stereocenters. The molecule has 0 fully saturated rings. The molecule has 0 aliphatic carbocycles. The summed E-state index contributed by atoms with van der Waals surface area (Å²) in [6.45, 7) is 9.89. The molecule has 0 atom stereocenters. The fraction of sp³-hybridized carbons (Fsp3) is 0.261. The molecule has 3 rings (SSSR count). The Hall–Kier alpha value is -3.39. The number of aryl methyl sites for hydroxylation is 1. The molecule has 0 aliphatic rings. The van der Waals surface area contributed by atoms with Crippen molar-refractivity contribution in [3.8, 4) is 22.8 Å². The SMILES string of the molecule is C=CCn1c(C)cc(-c2csc(NC(=O)COc3ccc(C(C)=O)cc3OC)n2)c1C. The van der Waals surface area contributed by atoms with Crippen molar-refractivity contribution in [3.63, 3.8) is 0 Å². The van der Waals surface area contributed by atoms with Gasteiger partial charge in [0.25, 0.3) is 5.91 Å². The Kier molecular flexibility index (Phi) is 6.91. The Labute approximate surface area is 185 Å². The van der Waals surface area contributed by atoms with Gasteiger partial charge in [-0.1, -0.05) is 6.08 Å². The van der Waals surface area contributed by atoms with E-state index >= 15 is 0 Å². The van der Waals surface area contributed by atoms with Crippen molar-refractivity contribution in [3.05, 3.63) is 59.3 Å². The number of carbonyl (C=O) groups excluding carboxylic acids is 2. The van der Waals surface area contributed by atoms with Crippen LogP contribution in [0.1, 0.15) is 28.7 Å². The van der Waals surface area contributed by atoms with Crippen LogP contribution >= 0.6 is 11.3 Å². The van der Waals surface area contributed by atoms with Crippen LogP contribution in [0.2, 0.25) is 0 Å². The number of carbonyl (C=O) groups is 2. The highest BCUT2D eigenvalue weighted by Crippen LogP contribution is 2.30. The molecule has 2 heterocycles. The Morgan fingerprint density at radius 1 is 1.26 bits per heavy atom. The number of hydrogen-bond donors (Lipinski definition) is 1. The van der Waals surface area contributed by atoms with Gasteiger partial charge in [0.1, 0.15) is 0 Å². The van der Waals surface area contributed by atoms with Gasteiger partial charge in [-0.25, -0.2) is 4.98 Å². The number of nitrogens with one attached hydrogen (secondary N) is 1. The van der Waals surface area contributed by atoms with E-state index in [9.17, 15) is 9.59 Å². The smallest absolute Gasteiger partial charge is 0.264 e. The number of nitrogens with zero attached hydrogens (tertiary/aromatic N) is 2. The molecule has 1 amide bonds. The number of anilines is 1. The Morgan fingerprint density at radius 2 is 2.03 bits per heavy atom. The molecule has 1 N–H and O–H groups in total. The zero-order chi connectivity index (χ0) is 22.5. The minimum absolute atomic E-state index is 0.0765. The highest BCUT2D eigenvalue weighted by Gasteiger charge is 2.15. The lowest BCUT2D eigenvalue weighted by atomic mass is 10.1. The highest BCUT2D eigenvalue weighted by atomic mass is 32.1. The first-order chi connectivity index (χ1) is 14.8. The number of amides is 1. The molecule has 2 aromatic heterocycles. The summed E-state index contributed by atoms with van der Waals surface area (Å²) < 4.78 is 13.0. The predicted molar refractivity (Wildman–Crippen MR) is 122 cm³/mol. The number of methoxy groups -OCH3 is 1. The van der Waals surface area contributed by atoms with Crippen LogP contribution in [-0.4, -0.2) is 35.0 Å². The van der Waals surface area contributed by atoms with Crippen LogP contribution < -0.4 is 14.8 Å². The zero-order valence-corrected chi connectivity index (χ0v) is 18.8. The standard InChI is InChI=1S/C23H25N3O4S/c1-6-9-26-14(2)10-18(15(26)3)19-13-31-23(24-19)25-22(28)12-30-20-8-7-17(16(4)27)11-21(20)29-5/h6-8,10-11,13H,1,9,12H2,2-5H3,(H,24,25,28). The van der Waals surface area contributed by atoms with Crippen molar-refractivity contribution in [1.29, 1.82) is 0 Å². The van der Waals surface area contributed by atoms with Gasteiger partial charge < -0.3 is 14.0 Å². The van der Waals surface area contributed by atoms with E-state index in [4.69, 9.17) is 9.47 Å². The first-order valence-corrected chi connectivity index (χ1v) is 10.6. The molecule has 7 nitrogen and oxygen atoms in total. The third-order valence-electron chi connectivity index (χ3n) is 4.84. The molecule has 0 bridgehead atoms. The lowest BCUT2D eigenvalue weighted by Crippen LogP contribution is -2.20. The van der Waals surface area contributed by atoms with Crippen molar-refractivity contribution in [2.45, 2.75) is 27.3 Å². The van der Waals surface area contributed by atoms with Crippen molar-refractivity contribution in [2.24, 2.45) is 0 Å². The molecule has 162 valence electrons. The number of Topliss-reactive ketones (excluding diaryl/α,β-unsaturated/α-hetero) is 1. The summed E-state index contributed by atoms with van der Waals surface area (Å²) >= 11 is 1.35. The van der Waals surface area contributed by atoms with Crippen LogP contribution in [0.15, 0.2) is 42.3 Å². The lowest BCUT2D eigenvalue weighted by molar-refractivity contribution is -0.118. The minimum Gasteiger partial charge on any atom is -0.493 e. The van der Waals surface area contributed by atoms with E-state index in [1.807, 2.05) is 25.3 Å². The van der Waals surface area contributed by atoms with E-state index in [1.54, 1.807) is 18.2 Å². The summed E-state index contributed by atoms with van der Waals surface area (Å²) in [5.74, 6) is 0.368. The van der Waals surface area contributed by atoms with Gasteiger partial charge in [0.15, 0.2) is 29.0 Å². The molecular formula is C23H25N3O4S. The highest BCUT2D eigenvalue weighted by molar-refractivity contribution is 7.14. The van der Waals surface area contributed by atoms with E-state index in [-0.39, 0.29) is 18.3 Å². The largest absolute Gasteiger partial charge is 0.493 e. The third-order valence-corrected chi connectivity index (χ3v) is 5.60. The molecule has 31 heavy (non-hydrogen) atoms. The summed E-state index contributed by atoms with van der Waals surface area (Å²) in [6, 6.07) is 6.92. The van der Waals surface area contributed by atoms with Gasteiger partial charge >= 0.3 is 0 Å². The molecule has 8 heteroatoms. The van der Waals surface area contributed by atoms with Crippen molar-refractivity contribution in [2.75, 3.05) is 19.0 Å². The van der Waals surface area contributed by atoms with Gasteiger partial charge in [-0.15, -0.1) is 17.9 Å². The summed E-state index contributed by atoms with van der Waals surface area (Å²) in [6.07, 6.45) is 1.86. The summed E-state index contributed by atoms with van der Waals surface area (Å²) in [4.78, 5) is 28.4. The predicted octanol–water partition coefficient (Wildman–Crippen LogP) is 4.64. The second-order valence-corrected chi connectivity index (χ2v) is 7.84. The van der Waals surface area contributed by atoms with Gasteiger partial charge in [0, 0.05) is 34.4 Å². The van der Waals surface area contributed by atoms with E-state index in [0.29, 0.717) is 22.2 Å². The van der Waals surface area contributed by atoms with E-state index in [1.165, 1.54) is 25.4 Å². The van der Waals surface area contributed by atoms with Gasteiger partial charge in [0.05, 0.1) is 12.8 Å². The van der Waals surface area contributed by atoms with Crippen LogP contribution in [0, 0.1) is 13.8 Å².